The molecule has 0 spiro atoms. The Balaban J connectivity index is 1.83. The first-order valence-electron chi connectivity index (χ1n) is 6.48. The number of rotatable bonds is 5. The molecule has 3 N–H and O–H groups in total. The van der Waals surface area contributed by atoms with Gasteiger partial charge < -0.3 is 15.8 Å². The molecule has 1 saturated heterocycles. The average molecular weight is 248 g/mol. The van der Waals surface area contributed by atoms with Crippen molar-refractivity contribution >= 4 is 5.91 Å². The van der Waals surface area contributed by atoms with Crippen LogP contribution in [0.3, 0.4) is 0 Å². The van der Waals surface area contributed by atoms with E-state index in [0.717, 1.165) is 31.4 Å². The van der Waals surface area contributed by atoms with E-state index >= 15 is 0 Å². The first-order chi connectivity index (χ1) is 8.79. The normalized spacial score (nSPS) is 18.8. The molecule has 0 bridgehead atoms. The molecule has 0 saturated carbocycles. The Kier molecular flexibility index (Phi) is 4.73. The molecule has 98 valence electrons. The molecule has 1 atom stereocenters. The summed E-state index contributed by atoms with van der Waals surface area (Å²) < 4.78 is 5.46. The minimum Gasteiger partial charge on any atom is -0.376 e. The molecule has 1 unspecified atom stereocenters. The van der Waals surface area contributed by atoms with Gasteiger partial charge in [0.2, 0.25) is 0 Å². The molecule has 0 aliphatic carbocycles. The van der Waals surface area contributed by atoms with Gasteiger partial charge >= 0.3 is 0 Å². The standard InChI is InChI=1S/C14H20N2O2/c15-8-7-11-3-5-12(6-4-11)14(17)16-10-13-2-1-9-18-13/h3-6,13H,1-2,7-10,15H2,(H,16,17). The summed E-state index contributed by atoms with van der Waals surface area (Å²) in [5.41, 5.74) is 7.33. The summed E-state index contributed by atoms with van der Waals surface area (Å²) >= 11 is 0. The lowest BCUT2D eigenvalue weighted by Gasteiger charge is -2.11. The Hall–Kier alpha value is -1.39. The predicted octanol–water partition coefficient (Wildman–Crippen LogP) is 1.10. The van der Waals surface area contributed by atoms with Crippen molar-refractivity contribution in [2.24, 2.45) is 5.73 Å². The molecule has 1 aromatic carbocycles. The van der Waals surface area contributed by atoms with Gasteiger partial charge in [0.05, 0.1) is 6.10 Å². The Morgan fingerprint density at radius 3 is 2.78 bits per heavy atom. The minimum atomic E-state index is -0.0372. The topological polar surface area (TPSA) is 64.4 Å². The van der Waals surface area contributed by atoms with Crippen LogP contribution in [0.15, 0.2) is 24.3 Å². The van der Waals surface area contributed by atoms with Crippen LogP contribution >= 0.6 is 0 Å². The van der Waals surface area contributed by atoms with E-state index < -0.39 is 0 Å². The number of amides is 1. The molecule has 1 fully saturated rings. The fourth-order valence-corrected chi connectivity index (χ4v) is 2.10. The summed E-state index contributed by atoms with van der Waals surface area (Å²) in [4.78, 5) is 11.9. The van der Waals surface area contributed by atoms with Crippen LogP contribution in [0.25, 0.3) is 0 Å². The van der Waals surface area contributed by atoms with E-state index in [1.165, 1.54) is 0 Å². The zero-order valence-electron chi connectivity index (χ0n) is 10.5. The molecule has 0 radical (unpaired) electrons. The summed E-state index contributed by atoms with van der Waals surface area (Å²) in [6.07, 6.45) is 3.16. The van der Waals surface area contributed by atoms with E-state index in [0.29, 0.717) is 18.7 Å². The van der Waals surface area contributed by atoms with Crippen LogP contribution in [0.2, 0.25) is 0 Å². The zero-order valence-corrected chi connectivity index (χ0v) is 10.5. The van der Waals surface area contributed by atoms with Crippen molar-refractivity contribution in [2.75, 3.05) is 19.7 Å². The van der Waals surface area contributed by atoms with Gasteiger partial charge in [-0.3, -0.25) is 4.79 Å². The average Bonchev–Trinajstić information content (AvgIpc) is 2.90. The second-order valence-electron chi connectivity index (χ2n) is 4.58. The minimum absolute atomic E-state index is 0.0372. The first kappa shape index (κ1) is 13.1. The van der Waals surface area contributed by atoms with Crippen LogP contribution in [-0.4, -0.2) is 31.7 Å². The lowest BCUT2D eigenvalue weighted by molar-refractivity contribution is 0.0858. The van der Waals surface area contributed by atoms with Crippen LogP contribution in [0.4, 0.5) is 0 Å². The van der Waals surface area contributed by atoms with Gasteiger partial charge in [-0.25, -0.2) is 0 Å². The summed E-state index contributed by atoms with van der Waals surface area (Å²) in [5.74, 6) is -0.0372. The van der Waals surface area contributed by atoms with Crippen molar-refractivity contribution in [1.29, 1.82) is 0 Å². The highest BCUT2D eigenvalue weighted by molar-refractivity contribution is 5.94. The van der Waals surface area contributed by atoms with Gasteiger partial charge in [0.1, 0.15) is 0 Å². The van der Waals surface area contributed by atoms with Crippen molar-refractivity contribution in [3.05, 3.63) is 35.4 Å². The molecule has 1 aliphatic rings. The maximum atomic E-state index is 11.9. The van der Waals surface area contributed by atoms with Crippen LogP contribution in [0.5, 0.6) is 0 Å². The predicted molar refractivity (Wildman–Crippen MR) is 70.5 cm³/mol. The van der Waals surface area contributed by atoms with E-state index in [9.17, 15) is 4.79 Å². The molecule has 2 rings (SSSR count). The Morgan fingerprint density at radius 2 is 2.17 bits per heavy atom. The monoisotopic (exact) mass is 248 g/mol. The number of nitrogens with one attached hydrogen (secondary N) is 1. The zero-order chi connectivity index (χ0) is 12.8. The lowest BCUT2D eigenvalue weighted by atomic mass is 10.1. The first-order valence-corrected chi connectivity index (χ1v) is 6.48. The Labute approximate surface area is 108 Å². The van der Waals surface area contributed by atoms with Gasteiger partial charge in [-0.2, -0.15) is 0 Å². The highest BCUT2D eigenvalue weighted by Crippen LogP contribution is 2.11. The van der Waals surface area contributed by atoms with Crippen LogP contribution in [0.1, 0.15) is 28.8 Å². The number of benzene rings is 1. The molecule has 1 amide bonds. The second kappa shape index (κ2) is 6.52. The highest BCUT2D eigenvalue weighted by Gasteiger charge is 2.16. The summed E-state index contributed by atoms with van der Waals surface area (Å²) in [6.45, 7) is 2.04. The fraction of sp³-hybridized carbons (Fsp3) is 0.500. The molecule has 4 nitrogen and oxygen atoms in total. The SMILES string of the molecule is NCCc1ccc(C(=O)NCC2CCCO2)cc1. The summed E-state index contributed by atoms with van der Waals surface area (Å²) in [7, 11) is 0. The third-order valence-electron chi connectivity index (χ3n) is 3.16. The molecule has 1 aromatic rings. The summed E-state index contributed by atoms with van der Waals surface area (Å²) in [5, 5.41) is 2.90. The van der Waals surface area contributed by atoms with Gasteiger partial charge in [-0.1, -0.05) is 12.1 Å². The largest absolute Gasteiger partial charge is 0.376 e. The molecular weight excluding hydrogens is 228 g/mol. The van der Waals surface area contributed by atoms with Crippen molar-refractivity contribution in [3.63, 3.8) is 0 Å². The van der Waals surface area contributed by atoms with Gasteiger partial charge in [-0.05, 0) is 43.5 Å². The van der Waals surface area contributed by atoms with Crippen molar-refractivity contribution in [2.45, 2.75) is 25.4 Å². The van der Waals surface area contributed by atoms with Crippen molar-refractivity contribution in [3.8, 4) is 0 Å². The van der Waals surface area contributed by atoms with Crippen molar-refractivity contribution < 1.29 is 9.53 Å². The maximum Gasteiger partial charge on any atom is 0.251 e. The molecular formula is C14H20N2O2. The third kappa shape index (κ3) is 3.55. The van der Waals surface area contributed by atoms with Crippen LogP contribution in [0, 0.1) is 0 Å². The lowest BCUT2D eigenvalue weighted by Crippen LogP contribution is -2.31. The molecule has 0 aromatic heterocycles. The number of ether oxygens (including phenoxy) is 1. The van der Waals surface area contributed by atoms with Gasteiger partial charge in [0.15, 0.2) is 0 Å². The third-order valence-corrected chi connectivity index (χ3v) is 3.16. The number of carbonyl (C=O) groups is 1. The fourth-order valence-electron chi connectivity index (χ4n) is 2.10. The summed E-state index contributed by atoms with van der Waals surface area (Å²) in [6, 6.07) is 7.59. The Morgan fingerprint density at radius 1 is 1.39 bits per heavy atom. The molecule has 4 heteroatoms. The smallest absolute Gasteiger partial charge is 0.251 e. The van der Waals surface area contributed by atoms with E-state index in [-0.39, 0.29) is 12.0 Å². The van der Waals surface area contributed by atoms with E-state index in [1.54, 1.807) is 0 Å². The van der Waals surface area contributed by atoms with E-state index in [2.05, 4.69) is 5.32 Å². The van der Waals surface area contributed by atoms with Crippen LogP contribution in [-0.2, 0) is 11.2 Å². The molecule has 1 aliphatic heterocycles. The highest BCUT2D eigenvalue weighted by atomic mass is 16.5. The van der Waals surface area contributed by atoms with Gasteiger partial charge in [0, 0.05) is 18.7 Å². The number of nitrogens with two attached hydrogens (primary N) is 1. The Bertz CT molecular complexity index is 383. The van der Waals surface area contributed by atoms with Gasteiger partial charge in [-0.15, -0.1) is 0 Å². The number of hydrogen-bond acceptors (Lipinski definition) is 3. The van der Waals surface area contributed by atoms with E-state index in [4.69, 9.17) is 10.5 Å². The molecule has 18 heavy (non-hydrogen) atoms. The van der Waals surface area contributed by atoms with E-state index in [1.807, 2.05) is 24.3 Å². The quantitative estimate of drug-likeness (QED) is 0.820. The van der Waals surface area contributed by atoms with Crippen LogP contribution < -0.4 is 11.1 Å². The van der Waals surface area contributed by atoms with Gasteiger partial charge in [0.25, 0.3) is 5.91 Å². The second-order valence-corrected chi connectivity index (χ2v) is 4.58. The van der Waals surface area contributed by atoms with Crippen molar-refractivity contribution in [1.82, 2.24) is 5.32 Å². The molecule has 1 heterocycles. The number of carbonyl (C=O) groups excluding carboxylic acids is 1. The number of hydrogen-bond donors (Lipinski definition) is 2. The maximum absolute atomic E-state index is 11.9.